The van der Waals surface area contributed by atoms with E-state index in [1.54, 1.807) is 0 Å². The first-order valence-electron chi connectivity index (χ1n) is 4.67. The average Bonchev–Trinajstić information content (AvgIpc) is 2.53. The van der Waals surface area contributed by atoms with E-state index >= 15 is 0 Å². The van der Waals surface area contributed by atoms with Gasteiger partial charge in [-0.15, -0.1) is 11.8 Å². The fraction of sp³-hybridized carbons (Fsp3) is 0.600. The minimum atomic E-state index is 0.366. The lowest BCUT2D eigenvalue weighted by Gasteiger charge is -2.25. The molecule has 0 saturated carbocycles. The summed E-state index contributed by atoms with van der Waals surface area (Å²) in [4.78, 5) is 0. The van der Waals surface area contributed by atoms with Crippen molar-refractivity contribution in [2.75, 3.05) is 12.3 Å². The maximum atomic E-state index is 5.57. The van der Waals surface area contributed by atoms with Crippen LogP contribution in [0.25, 0.3) is 0 Å². The number of aryl methyl sites for hydroxylation is 1. The second-order valence-corrected chi connectivity index (χ2v) is 4.81. The normalized spacial score (nSPS) is 29.1. The van der Waals surface area contributed by atoms with Gasteiger partial charge in [-0.25, -0.2) is 0 Å². The predicted octanol–water partition coefficient (Wildman–Crippen LogP) is 2.56. The van der Waals surface area contributed by atoms with Gasteiger partial charge in [-0.1, -0.05) is 6.92 Å². The van der Waals surface area contributed by atoms with Crippen molar-refractivity contribution in [1.29, 1.82) is 0 Å². The van der Waals surface area contributed by atoms with Gasteiger partial charge < -0.3 is 4.42 Å². The fourth-order valence-corrected chi connectivity index (χ4v) is 2.61. The summed E-state index contributed by atoms with van der Waals surface area (Å²) in [7, 11) is 0. The molecule has 0 aromatic carbocycles. The summed E-state index contributed by atoms with van der Waals surface area (Å²) >= 11 is 1.93. The van der Waals surface area contributed by atoms with E-state index in [2.05, 4.69) is 18.3 Å². The molecule has 2 rings (SSSR count). The summed E-state index contributed by atoms with van der Waals surface area (Å²) in [5, 5.41) is 3.83. The molecule has 3 heteroatoms. The summed E-state index contributed by atoms with van der Waals surface area (Å²) in [5.74, 6) is 4.06. The maximum absolute atomic E-state index is 5.57. The molecule has 1 aliphatic rings. The predicted molar refractivity (Wildman–Crippen MR) is 55.8 cm³/mol. The quantitative estimate of drug-likeness (QED) is 0.749. The Labute approximate surface area is 83.1 Å². The van der Waals surface area contributed by atoms with Crippen LogP contribution in [0.3, 0.4) is 0 Å². The first-order chi connectivity index (χ1) is 6.25. The highest BCUT2D eigenvalue weighted by atomic mass is 32.2. The van der Waals surface area contributed by atoms with Crippen molar-refractivity contribution in [1.82, 2.24) is 5.32 Å². The highest BCUT2D eigenvalue weighted by Gasteiger charge is 2.21. The highest BCUT2D eigenvalue weighted by molar-refractivity contribution is 7.99. The number of hydrogen-bond donors (Lipinski definition) is 1. The average molecular weight is 197 g/mol. The van der Waals surface area contributed by atoms with Crippen LogP contribution in [0.2, 0.25) is 0 Å². The second kappa shape index (κ2) is 3.76. The van der Waals surface area contributed by atoms with Crippen LogP contribution in [0.4, 0.5) is 0 Å². The van der Waals surface area contributed by atoms with Crippen molar-refractivity contribution in [3.8, 4) is 0 Å². The Morgan fingerprint density at radius 1 is 1.54 bits per heavy atom. The molecule has 13 heavy (non-hydrogen) atoms. The molecular formula is C10H15NOS. The van der Waals surface area contributed by atoms with Gasteiger partial charge in [-0.05, 0) is 37.3 Å². The molecule has 0 radical (unpaired) electrons. The molecule has 1 saturated heterocycles. The van der Waals surface area contributed by atoms with Crippen molar-refractivity contribution in [2.24, 2.45) is 5.92 Å². The number of hydrogen-bond acceptors (Lipinski definition) is 3. The third-order valence-electron chi connectivity index (χ3n) is 2.22. The van der Waals surface area contributed by atoms with Crippen LogP contribution in [-0.4, -0.2) is 12.3 Å². The largest absolute Gasteiger partial charge is 0.464 e. The number of nitrogens with one attached hydrogen (secondary N) is 1. The Hall–Kier alpha value is -0.410. The van der Waals surface area contributed by atoms with E-state index in [4.69, 9.17) is 4.42 Å². The molecule has 1 fully saturated rings. The van der Waals surface area contributed by atoms with E-state index in [1.165, 1.54) is 5.75 Å². The molecule has 2 heterocycles. The van der Waals surface area contributed by atoms with Gasteiger partial charge in [0.1, 0.15) is 16.9 Å². The standard InChI is InChI=1S/C10H15NOS/c1-7-5-11-10(13-6-7)9-4-3-8(2)12-9/h3-4,7,10-11H,5-6H2,1-2H3. The SMILES string of the molecule is Cc1ccc(C2NCC(C)CS2)o1. The zero-order valence-electron chi connectivity index (χ0n) is 8.04. The molecule has 2 unspecified atom stereocenters. The van der Waals surface area contributed by atoms with E-state index in [1.807, 2.05) is 24.8 Å². The third-order valence-corrected chi connectivity index (χ3v) is 3.71. The van der Waals surface area contributed by atoms with Crippen molar-refractivity contribution >= 4 is 11.8 Å². The van der Waals surface area contributed by atoms with Crippen molar-refractivity contribution in [2.45, 2.75) is 19.2 Å². The lowest BCUT2D eigenvalue weighted by molar-refractivity contribution is 0.434. The molecule has 1 aliphatic heterocycles. The Morgan fingerprint density at radius 2 is 2.38 bits per heavy atom. The van der Waals surface area contributed by atoms with Crippen LogP contribution in [0, 0.1) is 12.8 Å². The van der Waals surface area contributed by atoms with Crippen LogP contribution in [0.1, 0.15) is 23.8 Å². The minimum Gasteiger partial charge on any atom is -0.464 e. The van der Waals surface area contributed by atoms with E-state index in [0.717, 1.165) is 24.0 Å². The van der Waals surface area contributed by atoms with Crippen LogP contribution in [0.5, 0.6) is 0 Å². The van der Waals surface area contributed by atoms with Crippen LogP contribution in [-0.2, 0) is 0 Å². The zero-order valence-corrected chi connectivity index (χ0v) is 8.86. The summed E-state index contributed by atoms with van der Waals surface area (Å²) in [5.41, 5.74) is 0. The maximum Gasteiger partial charge on any atom is 0.131 e. The molecule has 1 N–H and O–H groups in total. The summed E-state index contributed by atoms with van der Waals surface area (Å²) in [6.45, 7) is 5.35. The Morgan fingerprint density at radius 3 is 2.92 bits per heavy atom. The van der Waals surface area contributed by atoms with Gasteiger partial charge in [0.05, 0.1) is 0 Å². The summed E-state index contributed by atoms with van der Waals surface area (Å²) in [6, 6.07) is 4.09. The lowest BCUT2D eigenvalue weighted by atomic mass is 10.2. The molecule has 2 nitrogen and oxygen atoms in total. The van der Waals surface area contributed by atoms with Crippen molar-refractivity contribution < 1.29 is 4.42 Å². The topological polar surface area (TPSA) is 25.2 Å². The summed E-state index contributed by atoms with van der Waals surface area (Å²) < 4.78 is 5.57. The van der Waals surface area contributed by atoms with Crippen LogP contribution < -0.4 is 5.32 Å². The molecular weight excluding hydrogens is 182 g/mol. The summed E-state index contributed by atoms with van der Waals surface area (Å²) in [6.07, 6.45) is 0. The van der Waals surface area contributed by atoms with E-state index in [0.29, 0.717) is 5.37 Å². The molecule has 72 valence electrons. The van der Waals surface area contributed by atoms with E-state index in [9.17, 15) is 0 Å². The van der Waals surface area contributed by atoms with Gasteiger partial charge in [0, 0.05) is 0 Å². The van der Waals surface area contributed by atoms with Crippen LogP contribution in [0.15, 0.2) is 16.5 Å². The van der Waals surface area contributed by atoms with Gasteiger partial charge in [-0.2, -0.15) is 0 Å². The van der Waals surface area contributed by atoms with Gasteiger partial charge in [0.15, 0.2) is 0 Å². The molecule has 1 aromatic rings. The smallest absolute Gasteiger partial charge is 0.131 e. The minimum absolute atomic E-state index is 0.366. The molecule has 0 aliphatic carbocycles. The first-order valence-corrected chi connectivity index (χ1v) is 5.72. The highest BCUT2D eigenvalue weighted by Crippen LogP contribution is 2.32. The Kier molecular flexibility index (Phi) is 2.65. The van der Waals surface area contributed by atoms with Crippen LogP contribution >= 0.6 is 11.8 Å². The van der Waals surface area contributed by atoms with E-state index in [-0.39, 0.29) is 0 Å². The molecule has 2 atom stereocenters. The number of furan rings is 1. The van der Waals surface area contributed by atoms with Gasteiger partial charge >= 0.3 is 0 Å². The number of thioether (sulfide) groups is 1. The van der Waals surface area contributed by atoms with E-state index < -0.39 is 0 Å². The zero-order chi connectivity index (χ0) is 9.26. The third kappa shape index (κ3) is 2.09. The molecule has 0 bridgehead atoms. The second-order valence-electron chi connectivity index (χ2n) is 3.68. The van der Waals surface area contributed by atoms with Crippen molar-refractivity contribution in [3.63, 3.8) is 0 Å². The molecule has 1 aromatic heterocycles. The lowest BCUT2D eigenvalue weighted by Crippen LogP contribution is -2.30. The Bertz CT molecular complexity index is 276. The number of rotatable bonds is 1. The first kappa shape index (κ1) is 9.16. The molecule has 0 amide bonds. The molecule has 0 spiro atoms. The van der Waals surface area contributed by atoms with Gasteiger partial charge in [0.2, 0.25) is 0 Å². The monoisotopic (exact) mass is 197 g/mol. The van der Waals surface area contributed by atoms with Crippen molar-refractivity contribution in [3.05, 3.63) is 23.7 Å². The Balaban J connectivity index is 2.02. The van der Waals surface area contributed by atoms with Gasteiger partial charge in [-0.3, -0.25) is 5.32 Å². The van der Waals surface area contributed by atoms with Gasteiger partial charge in [0.25, 0.3) is 0 Å². The fourth-order valence-electron chi connectivity index (χ4n) is 1.46.